The molecule has 0 bridgehead atoms. The van der Waals surface area contributed by atoms with Gasteiger partial charge in [-0.25, -0.2) is 0 Å². The van der Waals surface area contributed by atoms with E-state index in [1.165, 1.54) is 0 Å². The predicted octanol–water partition coefficient (Wildman–Crippen LogP) is -22.0. The number of carboxylic acid groups (broad SMARTS) is 4. The van der Waals surface area contributed by atoms with Crippen molar-refractivity contribution in [2.24, 2.45) is 0 Å². The van der Waals surface area contributed by atoms with E-state index in [0.717, 1.165) is 0 Å². The van der Waals surface area contributed by atoms with Crippen LogP contribution in [0.5, 0.6) is 0 Å². The molecule has 38 heavy (non-hydrogen) atoms. The standard InChI is InChI=1S/2C4H5NO10S2.4Na/c2*5-1(2(6)7)4(3(8)9,16(10,11)12)17(13,14)15;;;;/h2*5H,(H,6,7)(H,8,9)(H,10,11,12)(H,13,14,15);;;;/q;;4*+1/p-4. The third kappa shape index (κ3) is 10.00. The van der Waals surface area contributed by atoms with E-state index >= 15 is 0 Å². The molecule has 0 aliphatic carbocycles. The molecule has 0 fully saturated rings. The average Bonchev–Trinajstić information content (AvgIpc) is 2.49. The second-order valence-corrected chi connectivity index (χ2v) is 11.8. The fraction of sp³-hybridized carbons (Fsp3) is 0.250. The Morgan fingerprint density at radius 3 is 0.632 bits per heavy atom. The monoisotopic (exact) mass is 670 g/mol. The van der Waals surface area contributed by atoms with Crippen LogP contribution in [0.4, 0.5) is 0 Å². The second-order valence-electron chi connectivity index (χ2n) is 5.03. The van der Waals surface area contributed by atoms with E-state index in [2.05, 4.69) is 0 Å². The summed E-state index contributed by atoms with van der Waals surface area (Å²) >= 11 is 0. The molecule has 6 N–H and O–H groups in total. The molecule has 0 aliphatic rings. The smallest absolute Gasteiger partial charge is 0.547 e. The van der Waals surface area contributed by atoms with E-state index in [4.69, 9.17) is 29.0 Å². The maximum absolute atomic E-state index is 10.7. The molecule has 30 heteroatoms. The van der Waals surface area contributed by atoms with Gasteiger partial charge in [0.05, 0.1) is 23.9 Å². The molecule has 196 valence electrons. The molecular weight excluding hydrogens is 664 g/mol. The Hall–Kier alpha value is 0.860. The summed E-state index contributed by atoms with van der Waals surface area (Å²) in [5, 5.41) is 54.3. The van der Waals surface area contributed by atoms with Gasteiger partial charge in [0.1, 0.15) is 11.4 Å². The van der Waals surface area contributed by atoms with Crippen molar-refractivity contribution in [2.75, 3.05) is 0 Å². The molecule has 0 unspecified atom stereocenters. The summed E-state index contributed by atoms with van der Waals surface area (Å²) in [5.41, 5.74) is -5.25. The summed E-state index contributed by atoms with van der Waals surface area (Å²) in [6, 6.07) is 0. The van der Waals surface area contributed by atoms with Crippen LogP contribution in [0.15, 0.2) is 0 Å². The van der Waals surface area contributed by atoms with Crippen molar-refractivity contribution in [3.63, 3.8) is 0 Å². The first-order chi connectivity index (χ1) is 14.6. The van der Waals surface area contributed by atoms with E-state index in [9.17, 15) is 73.3 Å². The normalized spacial score (nSPS) is 11.7. The van der Waals surface area contributed by atoms with Gasteiger partial charge in [-0.1, -0.05) is 0 Å². The number of hydrogen-bond acceptors (Lipinski definition) is 18. The average molecular weight is 670 g/mol. The summed E-state index contributed by atoms with van der Waals surface area (Å²) in [4.78, 5) is 41.2. The van der Waals surface area contributed by atoms with Gasteiger partial charge in [0.15, 0.2) is 0 Å². The number of carbonyl (C=O) groups excluding carboxylic acids is 4. The minimum Gasteiger partial charge on any atom is -0.547 e. The van der Waals surface area contributed by atoms with Crippen molar-refractivity contribution >= 4 is 75.8 Å². The third-order valence-electron chi connectivity index (χ3n) is 3.06. The maximum atomic E-state index is 10.7. The molecule has 0 saturated heterocycles. The van der Waals surface area contributed by atoms with Gasteiger partial charge >= 0.3 is 126 Å². The first kappa shape index (κ1) is 51.6. The van der Waals surface area contributed by atoms with Crippen LogP contribution in [0.3, 0.4) is 0 Å². The molecule has 0 rings (SSSR count). The summed E-state index contributed by atoms with van der Waals surface area (Å²) < 4.78 is 109. The van der Waals surface area contributed by atoms with Gasteiger partial charge in [-0.15, -0.1) is 0 Å². The van der Waals surface area contributed by atoms with Crippen molar-refractivity contribution in [1.29, 1.82) is 10.8 Å². The number of rotatable bonds is 10. The van der Waals surface area contributed by atoms with E-state index in [-0.39, 0.29) is 118 Å². The van der Waals surface area contributed by atoms with Crippen molar-refractivity contribution < 1.29 is 210 Å². The van der Waals surface area contributed by atoms with Crippen molar-refractivity contribution in [2.45, 2.75) is 8.16 Å². The van der Waals surface area contributed by atoms with Gasteiger partial charge in [0, 0.05) is 0 Å². The van der Waals surface area contributed by atoms with Crippen LogP contribution >= 0.6 is 0 Å². The van der Waals surface area contributed by atoms with E-state index in [1.807, 2.05) is 0 Å². The second kappa shape index (κ2) is 17.1. The Balaban J connectivity index is -0.000000122. The van der Waals surface area contributed by atoms with Crippen LogP contribution in [0, 0.1) is 10.8 Å². The Morgan fingerprint density at radius 2 is 0.605 bits per heavy atom. The molecule has 0 atom stereocenters. The minimum atomic E-state index is -6.27. The minimum absolute atomic E-state index is 0. The number of aliphatic carboxylic acids is 4. The number of carbonyl (C=O) groups is 4. The zero-order valence-electron chi connectivity index (χ0n) is 19.0. The Morgan fingerprint density at radius 1 is 0.474 bits per heavy atom. The number of nitrogens with one attached hydrogen (secondary N) is 2. The SMILES string of the molecule is N=C(C(=O)[O-])C(C(=O)[O-])(S(=O)(=O)O)S(=O)(=O)O.N=C(C(=O)[O-])C(C(=O)[O-])(S(=O)(=O)O)S(=O)(=O)O.[Na+].[Na+].[Na+].[Na+]. The molecule has 0 aliphatic heterocycles. The molecule has 0 amide bonds. The van der Waals surface area contributed by atoms with Gasteiger partial charge < -0.3 is 50.4 Å². The maximum Gasteiger partial charge on any atom is 1.00 e. The largest absolute Gasteiger partial charge is 1.00 e. The third-order valence-corrected chi connectivity index (χ3v) is 9.97. The Bertz CT molecular complexity index is 1230. The number of hydrogen-bond donors (Lipinski definition) is 6. The number of carboxylic acids is 4. The molecule has 0 aromatic carbocycles. The van der Waals surface area contributed by atoms with Crippen LogP contribution < -0.4 is 139 Å². The van der Waals surface area contributed by atoms with Gasteiger partial charge in [-0.2, -0.15) is 33.7 Å². The quantitative estimate of drug-likeness (QED) is 0.0713. The van der Waals surface area contributed by atoms with Crippen LogP contribution in [-0.4, -0.2) is 95.3 Å². The molecule has 0 saturated carbocycles. The summed E-state index contributed by atoms with van der Waals surface area (Å²) in [7, 11) is -25.1. The fourth-order valence-electron chi connectivity index (χ4n) is 1.68. The molecule has 0 heterocycles. The van der Waals surface area contributed by atoms with Crippen LogP contribution in [-0.2, 0) is 59.7 Å². The van der Waals surface area contributed by atoms with Crippen LogP contribution in [0.25, 0.3) is 0 Å². The van der Waals surface area contributed by atoms with Gasteiger partial charge in [0.25, 0.3) is 40.5 Å². The summed E-state index contributed by atoms with van der Waals surface area (Å²) in [6.45, 7) is 0. The van der Waals surface area contributed by atoms with Gasteiger partial charge in [-0.3, -0.25) is 18.2 Å². The molecule has 0 aromatic rings. The van der Waals surface area contributed by atoms with E-state index < -0.39 is 83.9 Å². The molecule has 22 nitrogen and oxygen atoms in total. The Labute approximate surface area is 300 Å². The van der Waals surface area contributed by atoms with Gasteiger partial charge in [-0.05, 0) is 0 Å². The summed E-state index contributed by atoms with van der Waals surface area (Å²) in [5.74, 6) is -12.2. The molecule has 0 radical (unpaired) electrons. The molecule has 0 aromatic heterocycles. The van der Waals surface area contributed by atoms with Crippen LogP contribution in [0.2, 0.25) is 0 Å². The van der Waals surface area contributed by atoms with Crippen molar-refractivity contribution in [3.05, 3.63) is 0 Å². The van der Waals surface area contributed by atoms with Crippen molar-refractivity contribution in [3.8, 4) is 0 Å². The first-order valence-electron chi connectivity index (χ1n) is 6.51. The topological polar surface area (TPSA) is 426 Å². The first-order valence-corrected chi connectivity index (χ1v) is 12.3. The van der Waals surface area contributed by atoms with E-state index in [0.29, 0.717) is 0 Å². The molecular formula is C8H6N2Na4O20S4. The Kier molecular flexibility index (Phi) is 23.2. The zero-order valence-corrected chi connectivity index (χ0v) is 30.2. The molecule has 0 spiro atoms. The fourth-order valence-corrected chi connectivity index (χ4v) is 6.01. The predicted molar refractivity (Wildman–Crippen MR) is 87.1 cm³/mol. The van der Waals surface area contributed by atoms with E-state index in [1.54, 1.807) is 0 Å². The van der Waals surface area contributed by atoms with Crippen LogP contribution in [0.1, 0.15) is 0 Å². The zero-order chi connectivity index (χ0) is 28.5. The van der Waals surface area contributed by atoms with Crippen molar-refractivity contribution in [1.82, 2.24) is 0 Å². The summed E-state index contributed by atoms with van der Waals surface area (Å²) in [6.07, 6.45) is 0. The van der Waals surface area contributed by atoms with Gasteiger partial charge in [0.2, 0.25) is 0 Å².